The van der Waals surface area contributed by atoms with Crippen LogP contribution in [0.2, 0.25) is 0 Å². The monoisotopic (exact) mass is 433 g/mol. The number of methoxy groups -OCH3 is 1. The number of nitrogens with zero attached hydrogens (tertiary/aromatic N) is 2. The van der Waals surface area contributed by atoms with Crippen LogP contribution in [0, 0.1) is 5.92 Å². The van der Waals surface area contributed by atoms with Gasteiger partial charge in [-0.25, -0.2) is 13.1 Å². The third-order valence-electron chi connectivity index (χ3n) is 5.27. The summed E-state index contributed by atoms with van der Waals surface area (Å²) in [4.78, 5) is 12.1. The first-order valence-corrected chi connectivity index (χ1v) is 11.1. The third kappa shape index (κ3) is 3.22. The minimum absolute atomic E-state index is 0.0218. The van der Waals surface area contributed by atoms with Crippen molar-refractivity contribution in [3.8, 4) is 10.8 Å². The smallest absolute Gasteiger partial charge is 0.325 e. The standard InChI is InChI=1S/C19H19N3O5S2/c1-12-17(13-6-4-3-5-7-13)19(12,18(23)24)21-29(25,26)16-9-8-15(28-16)22-11-14(27-2)10-20-22/h3-12,17,21H,1-2H3,(H,23,24)/t12?,17-,19-/m0/s1. The lowest BCUT2D eigenvalue weighted by Crippen LogP contribution is -2.45. The van der Waals surface area contributed by atoms with E-state index in [0.29, 0.717) is 10.8 Å². The molecule has 0 bridgehead atoms. The van der Waals surface area contributed by atoms with Crippen LogP contribution in [0.3, 0.4) is 0 Å². The molecule has 10 heteroatoms. The Kier molecular flexibility index (Phi) is 4.72. The molecule has 0 amide bonds. The van der Waals surface area contributed by atoms with E-state index in [4.69, 9.17) is 4.74 Å². The van der Waals surface area contributed by atoms with Crippen LogP contribution in [0.15, 0.2) is 59.1 Å². The Morgan fingerprint density at radius 2 is 2.00 bits per heavy atom. The maximum atomic E-state index is 13.0. The number of ether oxygens (including phenoxy) is 1. The Hall–Kier alpha value is -2.69. The van der Waals surface area contributed by atoms with E-state index in [-0.39, 0.29) is 10.1 Å². The maximum Gasteiger partial charge on any atom is 0.325 e. The van der Waals surface area contributed by atoms with Gasteiger partial charge in [-0.05, 0) is 23.6 Å². The molecule has 1 aliphatic carbocycles. The Balaban J connectivity index is 1.63. The van der Waals surface area contributed by atoms with Crippen molar-refractivity contribution in [3.05, 3.63) is 60.4 Å². The van der Waals surface area contributed by atoms with Crippen molar-refractivity contribution < 1.29 is 23.1 Å². The SMILES string of the molecule is COc1cnn(-c2ccc(S(=O)(=O)N[C@@]3(C(=O)O)C(C)[C@H]3c3ccccc3)s2)c1. The van der Waals surface area contributed by atoms with Gasteiger partial charge in [0.15, 0.2) is 5.75 Å². The average Bonchev–Trinajstić information content (AvgIpc) is 3.13. The van der Waals surface area contributed by atoms with Gasteiger partial charge in [0, 0.05) is 5.92 Å². The predicted molar refractivity (Wildman–Crippen MR) is 107 cm³/mol. The molecule has 0 spiro atoms. The molecule has 1 fully saturated rings. The highest BCUT2D eigenvalue weighted by atomic mass is 32.2. The van der Waals surface area contributed by atoms with Crippen LogP contribution in [0.25, 0.3) is 5.00 Å². The zero-order valence-electron chi connectivity index (χ0n) is 15.6. The molecule has 1 unspecified atom stereocenters. The first kappa shape index (κ1) is 19.6. The van der Waals surface area contributed by atoms with E-state index in [0.717, 1.165) is 16.9 Å². The van der Waals surface area contributed by atoms with Crippen LogP contribution in [-0.2, 0) is 14.8 Å². The van der Waals surface area contributed by atoms with Gasteiger partial charge in [0.2, 0.25) is 0 Å². The largest absolute Gasteiger partial charge is 0.493 e. The number of hydrogen-bond acceptors (Lipinski definition) is 6. The molecule has 1 aromatic carbocycles. The van der Waals surface area contributed by atoms with Crippen LogP contribution in [0.4, 0.5) is 0 Å². The van der Waals surface area contributed by atoms with Gasteiger partial charge in [0.25, 0.3) is 10.0 Å². The van der Waals surface area contributed by atoms with Gasteiger partial charge in [-0.2, -0.15) is 9.82 Å². The second kappa shape index (κ2) is 6.97. The summed E-state index contributed by atoms with van der Waals surface area (Å²) in [7, 11) is -2.53. The topological polar surface area (TPSA) is 111 Å². The second-order valence-corrected chi connectivity index (χ2v) is 9.85. The van der Waals surface area contributed by atoms with Crippen LogP contribution < -0.4 is 9.46 Å². The lowest BCUT2D eigenvalue weighted by atomic mass is 10.1. The zero-order valence-corrected chi connectivity index (χ0v) is 17.3. The number of carboxylic acid groups (broad SMARTS) is 1. The highest BCUT2D eigenvalue weighted by molar-refractivity contribution is 7.91. The normalized spacial score (nSPS) is 23.7. The van der Waals surface area contributed by atoms with E-state index in [9.17, 15) is 18.3 Å². The summed E-state index contributed by atoms with van der Waals surface area (Å²) in [5.41, 5.74) is -0.778. The molecule has 0 aliphatic heterocycles. The molecule has 1 saturated carbocycles. The molecule has 3 atom stereocenters. The molecule has 2 heterocycles. The Morgan fingerprint density at radius 1 is 1.28 bits per heavy atom. The number of aromatic nitrogens is 2. The van der Waals surface area contributed by atoms with Crippen molar-refractivity contribution in [1.82, 2.24) is 14.5 Å². The van der Waals surface area contributed by atoms with E-state index in [2.05, 4.69) is 9.82 Å². The highest BCUT2D eigenvalue weighted by Gasteiger charge is 2.70. The Morgan fingerprint density at radius 3 is 2.62 bits per heavy atom. The molecule has 29 heavy (non-hydrogen) atoms. The van der Waals surface area contributed by atoms with Gasteiger partial charge in [0.05, 0.1) is 19.5 Å². The molecule has 152 valence electrons. The number of hydrogen-bond donors (Lipinski definition) is 2. The summed E-state index contributed by atoms with van der Waals surface area (Å²) in [6, 6.07) is 12.1. The highest BCUT2D eigenvalue weighted by Crippen LogP contribution is 2.58. The van der Waals surface area contributed by atoms with Crippen molar-refractivity contribution in [1.29, 1.82) is 0 Å². The Labute approximate surface area is 171 Å². The zero-order chi connectivity index (χ0) is 20.8. The van der Waals surface area contributed by atoms with Gasteiger partial charge in [-0.1, -0.05) is 37.3 Å². The fourth-order valence-electron chi connectivity index (χ4n) is 3.68. The molecular formula is C19H19N3O5S2. The summed E-state index contributed by atoms with van der Waals surface area (Å²) in [6.45, 7) is 1.74. The minimum Gasteiger partial charge on any atom is -0.493 e. The molecule has 8 nitrogen and oxygen atoms in total. The van der Waals surface area contributed by atoms with Crippen molar-refractivity contribution in [3.63, 3.8) is 0 Å². The summed E-state index contributed by atoms with van der Waals surface area (Å²) in [6.07, 6.45) is 3.14. The van der Waals surface area contributed by atoms with Gasteiger partial charge >= 0.3 is 5.97 Å². The first-order chi connectivity index (χ1) is 13.8. The van der Waals surface area contributed by atoms with Gasteiger partial charge in [-0.3, -0.25) is 4.79 Å². The summed E-state index contributed by atoms with van der Waals surface area (Å²) < 4.78 is 35.1. The van der Waals surface area contributed by atoms with E-state index in [1.165, 1.54) is 24.1 Å². The average molecular weight is 434 g/mol. The second-order valence-electron chi connectivity index (χ2n) is 6.87. The van der Waals surface area contributed by atoms with Crippen molar-refractivity contribution in [2.24, 2.45) is 5.92 Å². The Bertz CT molecular complexity index is 1160. The van der Waals surface area contributed by atoms with E-state index in [1.807, 2.05) is 30.3 Å². The number of aliphatic carboxylic acids is 1. The number of thiophene rings is 1. The fourth-order valence-corrected chi connectivity index (χ4v) is 6.37. The van der Waals surface area contributed by atoms with Crippen molar-refractivity contribution in [2.75, 3.05) is 7.11 Å². The summed E-state index contributed by atoms with van der Waals surface area (Å²) in [5.74, 6) is -1.46. The summed E-state index contributed by atoms with van der Waals surface area (Å²) >= 11 is 0.997. The van der Waals surface area contributed by atoms with Gasteiger partial charge in [-0.15, -0.1) is 11.3 Å². The molecule has 0 saturated heterocycles. The number of rotatable bonds is 7. The lowest BCUT2D eigenvalue weighted by molar-refractivity contribution is -0.140. The quantitative estimate of drug-likeness (QED) is 0.592. The molecule has 1 aliphatic rings. The molecule has 2 aromatic heterocycles. The number of nitrogens with one attached hydrogen (secondary N) is 1. The molecule has 2 N–H and O–H groups in total. The fraction of sp³-hybridized carbons (Fsp3) is 0.263. The van der Waals surface area contributed by atoms with Crippen LogP contribution in [0.5, 0.6) is 5.75 Å². The first-order valence-electron chi connectivity index (χ1n) is 8.81. The van der Waals surface area contributed by atoms with Crippen LogP contribution in [-0.4, -0.2) is 41.9 Å². The minimum atomic E-state index is -4.04. The van der Waals surface area contributed by atoms with E-state index in [1.54, 1.807) is 19.2 Å². The van der Waals surface area contributed by atoms with Crippen LogP contribution >= 0.6 is 11.3 Å². The lowest BCUT2D eigenvalue weighted by Gasteiger charge is -2.15. The molecular weight excluding hydrogens is 414 g/mol. The number of benzene rings is 1. The summed E-state index contributed by atoms with van der Waals surface area (Å²) in [5, 5.41) is 14.6. The van der Waals surface area contributed by atoms with E-state index >= 15 is 0 Å². The molecule has 0 radical (unpaired) electrons. The van der Waals surface area contributed by atoms with Crippen molar-refractivity contribution in [2.45, 2.75) is 22.6 Å². The van der Waals surface area contributed by atoms with E-state index < -0.39 is 27.4 Å². The predicted octanol–water partition coefficient (Wildman–Crippen LogP) is 2.48. The van der Waals surface area contributed by atoms with Crippen LogP contribution in [0.1, 0.15) is 18.4 Å². The number of carbonyl (C=O) groups is 1. The van der Waals surface area contributed by atoms with Gasteiger partial charge < -0.3 is 9.84 Å². The third-order valence-corrected chi connectivity index (χ3v) is 8.32. The molecule has 3 aromatic rings. The maximum absolute atomic E-state index is 13.0. The molecule has 4 rings (SSSR count). The van der Waals surface area contributed by atoms with Gasteiger partial charge in [0.1, 0.15) is 14.7 Å². The van der Waals surface area contributed by atoms with Crippen molar-refractivity contribution >= 4 is 27.3 Å². The number of carboxylic acids is 1. The number of sulfonamides is 1.